The molecule has 1 heterocycles. The molecule has 0 radical (unpaired) electrons. The molecule has 0 atom stereocenters. The molecule has 2 N–H and O–H groups in total. The van der Waals surface area contributed by atoms with Gasteiger partial charge in [0, 0.05) is 6.04 Å². The number of anilines is 1. The lowest BCUT2D eigenvalue weighted by atomic mass is 10.1. The Balaban J connectivity index is 1.64. The summed E-state index contributed by atoms with van der Waals surface area (Å²) >= 11 is 13.8. The van der Waals surface area contributed by atoms with E-state index in [1.165, 1.54) is 23.5 Å². The predicted octanol–water partition coefficient (Wildman–Crippen LogP) is 5.69. The Morgan fingerprint density at radius 2 is 1.81 bits per heavy atom. The summed E-state index contributed by atoms with van der Waals surface area (Å²) in [6.45, 7) is 3.97. The minimum absolute atomic E-state index is 0.0185. The Morgan fingerprint density at radius 3 is 2.52 bits per heavy atom. The van der Waals surface area contributed by atoms with E-state index < -0.39 is 15.9 Å². The van der Waals surface area contributed by atoms with Crippen molar-refractivity contribution in [2.24, 2.45) is 0 Å². The molecule has 0 aliphatic heterocycles. The Morgan fingerprint density at radius 1 is 1.10 bits per heavy atom. The van der Waals surface area contributed by atoms with Gasteiger partial charge in [0.25, 0.3) is 5.91 Å². The zero-order valence-corrected chi connectivity index (χ0v) is 20.1. The number of benzene rings is 2. The summed E-state index contributed by atoms with van der Waals surface area (Å²) in [5.74, 6) is -0.549. The van der Waals surface area contributed by atoms with E-state index in [1.54, 1.807) is 0 Å². The minimum atomic E-state index is -3.88. The van der Waals surface area contributed by atoms with Crippen LogP contribution in [0.3, 0.4) is 0 Å². The topological polar surface area (TPSA) is 88.2 Å². The van der Waals surface area contributed by atoms with Gasteiger partial charge in [0.05, 0.1) is 25.8 Å². The second-order valence-corrected chi connectivity index (χ2v) is 11.3. The fourth-order valence-electron chi connectivity index (χ4n) is 3.83. The van der Waals surface area contributed by atoms with Crippen molar-refractivity contribution in [2.45, 2.75) is 50.5 Å². The number of aryl methyl sites for hydroxylation is 2. The van der Waals surface area contributed by atoms with E-state index in [0.29, 0.717) is 5.13 Å². The third-order valence-corrected chi connectivity index (χ3v) is 8.69. The fourth-order valence-corrected chi connectivity index (χ4v) is 6.90. The number of halogens is 2. The second kappa shape index (κ2) is 8.67. The molecule has 10 heteroatoms. The van der Waals surface area contributed by atoms with Crippen molar-refractivity contribution in [3.05, 3.63) is 51.0 Å². The average molecular weight is 498 g/mol. The number of carbonyl (C=O) groups is 1. The highest BCUT2D eigenvalue weighted by molar-refractivity contribution is 7.89. The van der Waals surface area contributed by atoms with E-state index >= 15 is 0 Å². The summed E-state index contributed by atoms with van der Waals surface area (Å²) in [5, 5.41) is 3.18. The van der Waals surface area contributed by atoms with Crippen molar-refractivity contribution in [3.63, 3.8) is 0 Å². The molecule has 164 valence electrons. The lowest BCUT2D eigenvalue weighted by Gasteiger charge is -2.15. The molecule has 0 spiro atoms. The minimum Gasteiger partial charge on any atom is -0.298 e. The summed E-state index contributed by atoms with van der Waals surface area (Å²) in [6.07, 6.45) is 3.54. The van der Waals surface area contributed by atoms with Crippen LogP contribution in [0.2, 0.25) is 10.0 Å². The molecular formula is C21H21Cl2N3O3S2. The van der Waals surface area contributed by atoms with Crippen molar-refractivity contribution in [1.82, 2.24) is 9.71 Å². The Kier molecular flexibility index (Phi) is 6.29. The van der Waals surface area contributed by atoms with Gasteiger partial charge in [0.15, 0.2) is 5.13 Å². The molecule has 31 heavy (non-hydrogen) atoms. The van der Waals surface area contributed by atoms with E-state index in [9.17, 15) is 13.2 Å². The van der Waals surface area contributed by atoms with Crippen LogP contribution in [0.5, 0.6) is 0 Å². The lowest BCUT2D eigenvalue weighted by molar-refractivity contribution is 0.102. The average Bonchev–Trinajstić information content (AvgIpc) is 3.30. The molecule has 4 rings (SSSR count). The first kappa shape index (κ1) is 22.5. The van der Waals surface area contributed by atoms with Crippen molar-refractivity contribution in [3.8, 4) is 0 Å². The molecule has 1 aromatic heterocycles. The second-order valence-electron chi connectivity index (χ2n) is 7.77. The van der Waals surface area contributed by atoms with Gasteiger partial charge in [-0.1, -0.05) is 53.4 Å². The molecular weight excluding hydrogens is 477 g/mol. The maximum Gasteiger partial charge on any atom is 0.259 e. The first-order valence-corrected chi connectivity index (χ1v) is 12.9. The molecule has 2 aromatic carbocycles. The molecule has 1 saturated carbocycles. The van der Waals surface area contributed by atoms with Crippen LogP contribution in [0.25, 0.3) is 10.2 Å². The molecule has 0 unspecified atom stereocenters. The van der Waals surface area contributed by atoms with Gasteiger partial charge < -0.3 is 0 Å². The Hall–Kier alpha value is -1.71. The SMILES string of the molecule is Cc1cc(C)c2sc(NC(=O)c3cc(S(=O)(=O)NC4CCCC4)c(Cl)cc3Cl)nc2c1. The van der Waals surface area contributed by atoms with Crippen molar-refractivity contribution < 1.29 is 13.2 Å². The number of thiazole rings is 1. The van der Waals surface area contributed by atoms with Crippen LogP contribution >= 0.6 is 34.5 Å². The highest BCUT2D eigenvalue weighted by Gasteiger charge is 2.27. The van der Waals surface area contributed by atoms with Crippen molar-refractivity contribution in [2.75, 3.05) is 5.32 Å². The summed E-state index contributed by atoms with van der Waals surface area (Å²) in [7, 11) is -3.88. The van der Waals surface area contributed by atoms with Crippen LogP contribution in [0.1, 0.15) is 47.2 Å². The smallest absolute Gasteiger partial charge is 0.259 e. The molecule has 1 aliphatic rings. The van der Waals surface area contributed by atoms with Crippen LogP contribution in [-0.4, -0.2) is 25.4 Å². The van der Waals surface area contributed by atoms with Crippen LogP contribution < -0.4 is 10.0 Å². The number of nitrogens with one attached hydrogen (secondary N) is 2. The molecule has 6 nitrogen and oxygen atoms in total. The number of hydrogen-bond acceptors (Lipinski definition) is 5. The van der Waals surface area contributed by atoms with Gasteiger partial charge in [0.1, 0.15) is 4.90 Å². The number of fused-ring (bicyclic) bond motifs is 1. The molecule has 1 amide bonds. The van der Waals surface area contributed by atoms with E-state index in [1.807, 2.05) is 19.9 Å². The largest absolute Gasteiger partial charge is 0.298 e. The fraction of sp³-hybridized carbons (Fsp3) is 0.333. The third kappa shape index (κ3) is 4.73. The van der Waals surface area contributed by atoms with Crippen molar-refractivity contribution in [1.29, 1.82) is 0 Å². The molecule has 0 saturated heterocycles. The van der Waals surface area contributed by atoms with E-state index in [2.05, 4.69) is 21.1 Å². The standard InChI is InChI=1S/C21H21Cl2N3O3S2/c1-11-7-12(2)19-17(8-11)24-21(30-19)25-20(27)14-9-18(16(23)10-15(14)22)31(28,29)26-13-5-3-4-6-13/h7-10,13,26H,3-6H2,1-2H3,(H,24,25,27). The zero-order chi connectivity index (χ0) is 22.3. The zero-order valence-electron chi connectivity index (χ0n) is 17.0. The number of rotatable bonds is 5. The first-order valence-electron chi connectivity index (χ1n) is 9.84. The van der Waals surface area contributed by atoms with Crippen LogP contribution in [-0.2, 0) is 10.0 Å². The summed E-state index contributed by atoms with van der Waals surface area (Å²) < 4.78 is 29.4. The predicted molar refractivity (Wildman–Crippen MR) is 126 cm³/mol. The molecule has 3 aromatic rings. The monoisotopic (exact) mass is 497 g/mol. The maximum absolute atomic E-state index is 12.9. The number of hydrogen-bond donors (Lipinski definition) is 2. The Bertz CT molecular complexity index is 1280. The van der Waals surface area contributed by atoms with Gasteiger partial charge in [-0.25, -0.2) is 18.1 Å². The van der Waals surface area contributed by atoms with E-state index in [-0.39, 0.29) is 26.5 Å². The molecule has 0 bridgehead atoms. The quantitative estimate of drug-likeness (QED) is 0.473. The summed E-state index contributed by atoms with van der Waals surface area (Å²) in [5.41, 5.74) is 2.97. The van der Waals surface area contributed by atoms with Crippen molar-refractivity contribution >= 4 is 65.8 Å². The van der Waals surface area contributed by atoms with Gasteiger partial charge in [-0.05, 0) is 56.0 Å². The molecule has 1 aliphatic carbocycles. The highest BCUT2D eigenvalue weighted by Crippen LogP contribution is 2.33. The lowest BCUT2D eigenvalue weighted by Crippen LogP contribution is -2.33. The number of sulfonamides is 1. The summed E-state index contributed by atoms with van der Waals surface area (Å²) in [6, 6.07) is 6.39. The Labute approximate surface area is 195 Å². The van der Waals surface area contributed by atoms with Crippen LogP contribution in [0.15, 0.2) is 29.2 Å². The summed E-state index contributed by atoms with van der Waals surface area (Å²) in [4.78, 5) is 17.2. The number of aromatic nitrogens is 1. The maximum atomic E-state index is 12.9. The molecule has 1 fully saturated rings. The number of amides is 1. The van der Waals surface area contributed by atoms with Gasteiger partial charge in [-0.3, -0.25) is 10.1 Å². The highest BCUT2D eigenvalue weighted by atomic mass is 35.5. The number of nitrogens with zero attached hydrogens (tertiary/aromatic N) is 1. The van der Waals surface area contributed by atoms with Gasteiger partial charge in [0.2, 0.25) is 10.0 Å². The van der Waals surface area contributed by atoms with E-state index in [4.69, 9.17) is 23.2 Å². The van der Waals surface area contributed by atoms with Crippen LogP contribution in [0.4, 0.5) is 5.13 Å². The van der Waals surface area contributed by atoms with E-state index in [0.717, 1.165) is 47.0 Å². The van der Waals surface area contributed by atoms with Crippen LogP contribution in [0, 0.1) is 13.8 Å². The van der Waals surface area contributed by atoms with Gasteiger partial charge >= 0.3 is 0 Å². The normalized spacial score (nSPS) is 15.0. The van der Waals surface area contributed by atoms with Gasteiger partial charge in [-0.15, -0.1) is 0 Å². The first-order chi connectivity index (χ1) is 14.6. The van der Waals surface area contributed by atoms with Gasteiger partial charge in [-0.2, -0.15) is 0 Å². The number of carbonyl (C=O) groups excluding carboxylic acids is 1. The third-order valence-electron chi connectivity index (χ3n) is 5.27.